The number of ether oxygens (including phenoxy) is 2. The van der Waals surface area contributed by atoms with Crippen LogP contribution in [0.1, 0.15) is 37.9 Å². The van der Waals surface area contributed by atoms with Gasteiger partial charge in [0.2, 0.25) is 0 Å². The third kappa shape index (κ3) is 6.62. The van der Waals surface area contributed by atoms with E-state index in [-0.39, 0.29) is 12.6 Å². The monoisotopic (exact) mass is 313 g/mol. The first-order valence-electron chi connectivity index (χ1n) is 7.29. The number of methoxy groups -OCH3 is 1. The Bertz CT molecular complexity index is 470. The van der Waals surface area contributed by atoms with Crippen LogP contribution in [0.3, 0.4) is 0 Å². The minimum absolute atomic E-state index is 0.243. The Morgan fingerprint density at radius 2 is 2.14 bits per heavy atom. The van der Waals surface area contributed by atoms with E-state index in [1.54, 1.807) is 13.2 Å². The fraction of sp³-hybridized carbons (Fsp3) is 0.600. The summed E-state index contributed by atoms with van der Waals surface area (Å²) >= 11 is 0. The first kappa shape index (κ1) is 18.0. The third-order valence-corrected chi connectivity index (χ3v) is 3.23. The summed E-state index contributed by atoms with van der Waals surface area (Å²) in [6.45, 7) is 0.243. The van der Waals surface area contributed by atoms with Crippen LogP contribution in [0.4, 0.5) is 0 Å². The van der Waals surface area contributed by atoms with Crippen molar-refractivity contribution in [3.8, 4) is 5.75 Å². The predicted octanol–water partition coefficient (Wildman–Crippen LogP) is 1.74. The number of rotatable bonds is 11. The highest BCUT2D eigenvalue weighted by molar-refractivity contribution is 5.72. The molecule has 0 unspecified atom stereocenters. The van der Waals surface area contributed by atoms with Crippen molar-refractivity contribution in [3.05, 3.63) is 18.1 Å². The molecule has 0 aliphatic heterocycles. The summed E-state index contributed by atoms with van der Waals surface area (Å²) in [6.07, 6.45) is 4.83. The number of aliphatic carboxylic acids is 1. The summed E-state index contributed by atoms with van der Waals surface area (Å²) in [5, 5.41) is 8.62. The number of carboxylic acids is 1. The summed E-state index contributed by atoms with van der Waals surface area (Å²) in [5.74, 6) is 0.0320. The number of carbonyl (C=O) groups excluding carboxylic acids is 1. The lowest BCUT2D eigenvalue weighted by molar-refractivity contribution is -0.144. The van der Waals surface area contributed by atoms with E-state index in [1.807, 2.05) is 0 Å². The van der Waals surface area contributed by atoms with Gasteiger partial charge in [-0.25, -0.2) is 0 Å². The van der Waals surface area contributed by atoms with Gasteiger partial charge in [0.25, 0.3) is 0 Å². The van der Waals surface area contributed by atoms with Gasteiger partial charge in [0.1, 0.15) is 11.8 Å². The number of nitrogens with two attached hydrogens (primary N) is 1. The van der Waals surface area contributed by atoms with E-state index in [1.165, 1.54) is 6.26 Å². The molecule has 3 N–H and O–H groups in total. The van der Waals surface area contributed by atoms with Gasteiger partial charge in [-0.2, -0.15) is 0 Å². The average molecular weight is 313 g/mol. The van der Waals surface area contributed by atoms with Crippen LogP contribution in [0.2, 0.25) is 0 Å². The standard InChI is InChI=1S/C15H23NO6/c1-20-12-7-9-21-13(12)8-10-22-14(17)6-4-2-3-5-11(16)15(18)19/h7,9,11H,2-6,8,10,16H2,1H3,(H,18,19)/t11-/m0/s1. The van der Waals surface area contributed by atoms with Gasteiger partial charge in [-0.3, -0.25) is 9.59 Å². The van der Waals surface area contributed by atoms with E-state index in [2.05, 4.69) is 0 Å². The van der Waals surface area contributed by atoms with Crippen LogP contribution in [0, 0.1) is 0 Å². The second kappa shape index (κ2) is 9.83. The lowest BCUT2D eigenvalue weighted by Crippen LogP contribution is -2.29. The van der Waals surface area contributed by atoms with Crippen molar-refractivity contribution in [3.63, 3.8) is 0 Å². The lowest BCUT2D eigenvalue weighted by atomic mass is 10.1. The fourth-order valence-electron chi connectivity index (χ4n) is 1.96. The number of carbonyl (C=O) groups is 2. The molecule has 0 aliphatic rings. The van der Waals surface area contributed by atoms with Gasteiger partial charge in [-0.05, 0) is 12.8 Å². The summed E-state index contributed by atoms with van der Waals surface area (Å²) < 4.78 is 15.4. The molecule has 22 heavy (non-hydrogen) atoms. The molecular weight excluding hydrogens is 290 g/mol. The summed E-state index contributed by atoms with van der Waals surface area (Å²) in [4.78, 5) is 22.0. The first-order valence-corrected chi connectivity index (χ1v) is 7.29. The van der Waals surface area contributed by atoms with Crippen LogP contribution < -0.4 is 10.5 Å². The maximum atomic E-state index is 11.5. The summed E-state index contributed by atoms with van der Waals surface area (Å²) in [5.41, 5.74) is 5.38. The van der Waals surface area contributed by atoms with Gasteiger partial charge in [0.15, 0.2) is 5.75 Å². The summed E-state index contributed by atoms with van der Waals surface area (Å²) in [7, 11) is 1.55. The number of furan rings is 1. The summed E-state index contributed by atoms with van der Waals surface area (Å²) in [6, 6.07) is 0.883. The minimum atomic E-state index is -0.993. The Morgan fingerprint density at radius 1 is 1.36 bits per heavy atom. The van der Waals surface area contributed by atoms with Gasteiger partial charge in [-0.15, -0.1) is 0 Å². The maximum Gasteiger partial charge on any atom is 0.320 e. The molecule has 0 radical (unpaired) electrons. The fourth-order valence-corrected chi connectivity index (χ4v) is 1.96. The zero-order chi connectivity index (χ0) is 16.4. The zero-order valence-corrected chi connectivity index (χ0v) is 12.7. The topological polar surface area (TPSA) is 112 Å². The molecule has 0 amide bonds. The third-order valence-electron chi connectivity index (χ3n) is 3.23. The van der Waals surface area contributed by atoms with Gasteiger partial charge in [-0.1, -0.05) is 12.8 Å². The highest BCUT2D eigenvalue weighted by atomic mass is 16.5. The number of hydrogen-bond donors (Lipinski definition) is 2. The SMILES string of the molecule is COc1ccoc1CCOC(=O)CCCCC[C@H](N)C(=O)O. The Hall–Kier alpha value is -2.02. The molecule has 1 heterocycles. The van der Waals surface area contributed by atoms with Crippen molar-refractivity contribution >= 4 is 11.9 Å². The molecule has 0 spiro atoms. The molecule has 0 saturated carbocycles. The van der Waals surface area contributed by atoms with Crippen molar-refractivity contribution in [2.24, 2.45) is 5.73 Å². The largest absolute Gasteiger partial charge is 0.493 e. The molecular formula is C15H23NO6. The van der Waals surface area contributed by atoms with Gasteiger partial charge >= 0.3 is 11.9 Å². The number of hydrogen-bond acceptors (Lipinski definition) is 6. The molecule has 1 atom stereocenters. The number of esters is 1. The van der Waals surface area contributed by atoms with E-state index in [4.69, 9.17) is 24.7 Å². The molecule has 124 valence electrons. The van der Waals surface area contributed by atoms with E-state index < -0.39 is 12.0 Å². The lowest BCUT2D eigenvalue weighted by Gasteiger charge is -2.06. The van der Waals surface area contributed by atoms with Crippen molar-refractivity contribution in [1.29, 1.82) is 0 Å². The van der Waals surface area contributed by atoms with E-state index in [9.17, 15) is 9.59 Å². The van der Waals surface area contributed by atoms with Gasteiger partial charge in [0, 0.05) is 18.9 Å². The molecule has 0 bridgehead atoms. The minimum Gasteiger partial charge on any atom is -0.493 e. The molecule has 7 nitrogen and oxygen atoms in total. The molecule has 1 rings (SSSR count). The smallest absolute Gasteiger partial charge is 0.320 e. The van der Waals surface area contributed by atoms with Gasteiger partial charge in [0.05, 0.1) is 20.0 Å². The van der Waals surface area contributed by atoms with Crippen molar-refractivity contribution < 1.29 is 28.6 Å². The number of unbranched alkanes of at least 4 members (excludes halogenated alkanes) is 2. The molecule has 1 aromatic rings. The Balaban J connectivity index is 2.05. The van der Waals surface area contributed by atoms with E-state index in [0.717, 1.165) is 6.42 Å². The van der Waals surface area contributed by atoms with E-state index in [0.29, 0.717) is 43.6 Å². The highest BCUT2D eigenvalue weighted by Crippen LogP contribution is 2.19. The van der Waals surface area contributed by atoms with Crippen molar-refractivity contribution in [1.82, 2.24) is 0 Å². The Kier molecular flexibility index (Phi) is 8.06. The molecule has 0 aromatic carbocycles. The highest BCUT2D eigenvalue weighted by Gasteiger charge is 2.11. The van der Waals surface area contributed by atoms with Crippen LogP contribution in [0.15, 0.2) is 16.7 Å². The molecule has 7 heteroatoms. The molecule has 1 aromatic heterocycles. The first-order chi connectivity index (χ1) is 10.5. The van der Waals surface area contributed by atoms with Crippen LogP contribution in [-0.4, -0.2) is 36.8 Å². The molecule has 0 fully saturated rings. The Morgan fingerprint density at radius 3 is 2.82 bits per heavy atom. The van der Waals surface area contributed by atoms with Gasteiger partial charge < -0.3 is 24.7 Å². The number of carboxylic acid groups (broad SMARTS) is 1. The van der Waals surface area contributed by atoms with Crippen LogP contribution >= 0.6 is 0 Å². The predicted molar refractivity (Wildman–Crippen MR) is 78.6 cm³/mol. The Labute approximate surface area is 129 Å². The normalized spacial score (nSPS) is 11.9. The quantitative estimate of drug-likeness (QED) is 0.472. The zero-order valence-electron chi connectivity index (χ0n) is 12.7. The van der Waals surface area contributed by atoms with E-state index >= 15 is 0 Å². The second-order valence-electron chi connectivity index (χ2n) is 4.93. The van der Waals surface area contributed by atoms with Crippen molar-refractivity contribution in [2.45, 2.75) is 44.6 Å². The van der Waals surface area contributed by atoms with Crippen LogP contribution in [0.25, 0.3) is 0 Å². The molecule has 0 saturated heterocycles. The molecule has 0 aliphatic carbocycles. The maximum absolute atomic E-state index is 11.5. The van der Waals surface area contributed by atoms with Crippen LogP contribution in [0.5, 0.6) is 5.75 Å². The van der Waals surface area contributed by atoms with Crippen LogP contribution in [-0.2, 0) is 20.7 Å². The second-order valence-corrected chi connectivity index (χ2v) is 4.93. The average Bonchev–Trinajstić information content (AvgIpc) is 2.94. The van der Waals surface area contributed by atoms with Crippen molar-refractivity contribution in [2.75, 3.05) is 13.7 Å².